The molecule has 1 rings (SSSR count). The second kappa shape index (κ2) is 5.25. The molecule has 0 spiro atoms. The van der Waals surface area contributed by atoms with Crippen molar-refractivity contribution >= 4 is 0 Å². The minimum atomic E-state index is 0.252. The Morgan fingerprint density at radius 1 is 1.06 bits per heavy atom. The van der Waals surface area contributed by atoms with E-state index in [9.17, 15) is 0 Å². The molecule has 0 atom stereocenters. The molecule has 1 aliphatic heterocycles. The summed E-state index contributed by atoms with van der Waals surface area (Å²) in [5.74, 6) is 0. The lowest BCUT2D eigenvalue weighted by Gasteiger charge is -2.45. The quantitative estimate of drug-likeness (QED) is 0.754. The van der Waals surface area contributed by atoms with Gasteiger partial charge in [0, 0.05) is 25.7 Å². The molecule has 0 aliphatic carbocycles. The molecular formula is C14H30N2O. The minimum absolute atomic E-state index is 0.252. The van der Waals surface area contributed by atoms with E-state index in [0.29, 0.717) is 11.5 Å². The second-order valence-electron chi connectivity index (χ2n) is 7.81. The predicted octanol–water partition coefficient (Wildman–Crippen LogP) is 2.63. The van der Waals surface area contributed by atoms with Gasteiger partial charge in [0.05, 0.1) is 6.61 Å². The Morgan fingerprint density at radius 2 is 1.59 bits per heavy atom. The van der Waals surface area contributed by atoms with Crippen molar-refractivity contribution in [2.75, 3.05) is 33.3 Å². The van der Waals surface area contributed by atoms with Crippen LogP contribution in [0.3, 0.4) is 0 Å². The highest BCUT2D eigenvalue weighted by Crippen LogP contribution is 2.22. The SMILES string of the molecule is CN(CC(C)(C)C)C1CN(OCC(C)(C)C)C1. The fourth-order valence-electron chi connectivity index (χ4n) is 1.96. The highest BCUT2D eigenvalue weighted by Gasteiger charge is 2.32. The van der Waals surface area contributed by atoms with E-state index in [0.717, 1.165) is 26.2 Å². The highest BCUT2D eigenvalue weighted by molar-refractivity contribution is 4.84. The van der Waals surface area contributed by atoms with Crippen LogP contribution in [0.1, 0.15) is 41.5 Å². The van der Waals surface area contributed by atoms with Crippen molar-refractivity contribution in [1.82, 2.24) is 9.96 Å². The smallest absolute Gasteiger partial charge is 0.0733 e. The first kappa shape index (κ1) is 14.9. The van der Waals surface area contributed by atoms with Crippen LogP contribution in [0.15, 0.2) is 0 Å². The monoisotopic (exact) mass is 242 g/mol. The van der Waals surface area contributed by atoms with E-state index < -0.39 is 0 Å². The summed E-state index contributed by atoms with van der Waals surface area (Å²) in [4.78, 5) is 8.21. The lowest BCUT2D eigenvalue weighted by atomic mass is 9.95. The van der Waals surface area contributed by atoms with Crippen LogP contribution in [0.25, 0.3) is 0 Å². The van der Waals surface area contributed by atoms with Crippen molar-refractivity contribution in [2.24, 2.45) is 10.8 Å². The zero-order valence-electron chi connectivity index (χ0n) is 12.7. The first-order chi connectivity index (χ1) is 7.57. The van der Waals surface area contributed by atoms with Crippen molar-refractivity contribution in [3.05, 3.63) is 0 Å². The molecule has 0 aromatic rings. The molecule has 0 N–H and O–H groups in total. The van der Waals surface area contributed by atoms with Gasteiger partial charge in [-0.1, -0.05) is 41.5 Å². The number of nitrogens with zero attached hydrogens (tertiary/aromatic N) is 2. The Labute approximate surface area is 107 Å². The summed E-state index contributed by atoms with van der Waals surface area (Å²) in [6.45, 7) is 17.5. The van der Waals surface area contributed by atoms with E-state index in [1.165, 1.54) is 0 Å². The lowest BCUT2D eigenvalue weighted by Crippen LogP contribution is -2.59. The first-order valence-corrected chi connectivity index (χ1v) is 6.65. The number of hydrogen-bond donors (Lipinski definition) is 0. The molecule has 1 heterocycles. The molecule has 17 heavy (non-hydrogen) atoms. The van der Waals surface area contributed by atoms with Gasteiger partial charge in [-0.05, 0) is 17.9 Å². The number of hydroxylamine groups is 2. The van der Waals surface area contributed by atoms with Crippen molar-refractivity contribution < 1.29 is 4.84 Å². The largest absolute Gasteiger partial charge is 0.300 e. The molecule has 3 nitrogen and oxygen atoms in total. The summed E-state index contributed by atoms with van der Waals surface area (Å²) >= 11 is 0. The standard InChI is InChI=1S/C14H30N2O/c1-13(2,3)10-15(7)12-8-16(9-12)17-11-14(4,5)6/h12H,8-11H2,1-7H3. The fourth-order valence-corrected chi connectivity index (χ4v) is 1.96. The summed E-state index contributed by atoms with van der Waals surface area (Å²) in [5, 5.41) is 2.09. The van der Waals surface area contributed by atoms with Crippen LogP contribution in [0.4, 0.5) is 0 Å². The molecule has 0 amide bonds. The van der Waals surface area contributed by atoms with Crippen LogP contribution >= 0.6 is 0 Å². The Bertz CT molecular complexity index is 234. The number of rotatable bonds is 4. The molecule has 1 saturated heterocycles. The maximum atomic E-state index is 5.76. The molecule has 1 aliphatic rings. The molecule has 0 radical (unpaired) electrons. The minimum Gasteiger partial charge on any atom is -0.300 e. The van der Waals surface area contributed by atoms with Gasteiger partial charge in [-0.15, -0.1) is 0 Å². The van der Waals surface area contributed by atoms with Crippen LogP contribution in [0, 0.1) is 10.8 Å². The average molecular weight is 242 g/mol. The highest BCUT2D eigenvalue weighted by atomic mass is 16.7. The maximum Gasteiger partial charge on any atom is 0.0733 e. The van der Waals surface area contributed by atoms with Crippen LogP contribution in [0.2, 0.25) is 0 Å². The molecule has 102 valence electrons. The molecular weight excluding hydrogens is 212 g/mol. The molecule has 0 unspecified atom stereocenters. The summed E-state index contributed by atoms with van der Waals surface area (Å²) in [6, 6.07) is 0.661. The molecule has 0 aromatic heterocycles. The van der Waals surface area contributed by atoms with Crippen LogP contribution in [-0.4, -0.2) is 49.3 Å². The van der Waals surface area contributed by atoms with Crippen molar-refractivity contribution in [1.29, 1.82) is 0 Å². The van der Waals surface area contributed by atoms with Gasteiger partial charge >= 0.3 is 0 Å². The third-order valence-corrected chi connectivity index (χ3v) is 2.86. The number of likely N-dealkylation sites (N-methyl/N-ethyl adjacent to an activating group) is 1. The maximum absolute atomic E-state index is 5.76. The zero-order valence-corrected chi connectivity index (χ0v) is 12.7. The third kappa shape index (κ3) is 5.84. The third-order valence-electron chi connectivity index (χ3n) is 2.86. The first-order valence-electron chi connectivity index (χ1n) is 6.65. The van der Waals surface area contributed by atoms with Gasteiger partial charge < -0.3 is 4.90 Å². The molecule has 0 saturated carbocycles. The summed E-state index contributed by atoms with van der Waals surface area (Å²) < 4.78 is 0. The van der Waals surface area contributed by atoms with Crippen molar-refractivity contribution in [3.63, 3.8) is 0 Å². The molecule has 0 bridgehead atoms. The lowest BCUT2D eigenvalue weighted by molar-refractivity contribution is -0.235. The van der Waals surface area contributed by atoms with E-state index in [4.69, 9.17) is 4.84 Å². The summed E-state index contributed by atoms with van der Waals surface area (Å²) in [6.07, 6.45) is 0. The van der Waals surface area contributed by atoms with Gasteiger partial charge in [0.15, 0.2) is 0 Å². The van der Waals surface area contributed by atoms with E-state index >= 15 is 0 Å². The van der Waals surface area contributed by atoms with Gasteiger partial charge in [0.2, 0.25) is 0 Å². The predicted molar refractivity (Wildman–Crippen MR) is 72.9 cm³/mol. The van der Waals surface area contributed by atoms with E-state index in [1.54, 1.807) is 0 Å². The van der Waals surface area contributed by atoms with E-state index in [-0.39, 0.29) is 5.41 Å². The fraction of sp³-hybridized carbons (Fsp3) is 1.00. The summed E-state index contributed by atoms with van der Waals surface area (Å²) in [7, 11) is 2.22. The second-order valence-corrected chi connectivity index (χ2v) is 7.81. The Morgan fingerprint density at radius 3 is 2.00 bits per heavy atom. The molecule has 1 fully saturated rings. The van der Waals surface area contributed by atoms with E-state index in [2.05, 4.69) is 58.6 Å². The van der Waals surface area contributed by atoms with Crippen molar-refractivity contribution in [2.45, 2.75) is 47.6 Å². The number of hydrogen-bond acceptors (Lipinski definition) is 3. The van der Waals surface area contributed by atoms with Crippen LogP contribution in [0.5, 0.6) is 0 Å². The summed E-state index contributed by atoms with van der Waals surface area (Å²) in [5.41, 5.74) is 0.629. The molecule has 0 aromatic carbocycles. The Kier molecular flexibility index (Phi) is 4.61. The Hall–Kier alpha value is -0.120. The average Bonchev–Trinajstić information content (AvgIpc) is 1.94. The topological polar surface area (TPSA) is 15.7 Å². The van der Waals surface area contributed by atoms with Gasteiger partial charge in [0.25, 0.3) is 0 Å². The van der Waals surface area contributed by atoms with Gasteiger partial charge in [0.1, 0.15) is 0 Å². The van der Waals surface area contributed by atoms with Crippen LogP contribution in [-0.2, 0) is 4.84 Å². The van der Waals surface area contributed by atoms with Gasteiger partial charge in [-0.25, -0.2) is 0 Å². The normalized spacial score (nSPS) is 19.8. The van der Waals surface area contributed by atoms with Gasteiger partial charge in [-0.3, -0.25) is 4.84 Å². The zero-order chi connectivity index (χ0) is 13.3. The van der Waals surface area contributed by atoms with Crippen LogP contribution < -0.4 is 0 Å². The van der Waals surface area contributed by atoms with Crippen molar-refractivity contribution in [3.8, 4) is 0 Å². The Balaban J connectivity index is 2.19. The van der Waals surface area contributed by atoms with E-state index in [1.807, 2.05) is 0 Å². The van der Waals surface area contributed by atoms with Gasteiger partial charge in [-0.2, -0.15) is 5.06 Å². The molecule has 3 heteroatoms.